The summed E-state index contributed by atoms with van der Waals surface area (Å²) in [6.07, 6.45) is -4.07. The number of nitrogens with zero attached hydrogens (tertiary/aromatic N) is 1. The summed E-state index contributed by atoms with van der Waals surface area (Å²) in [6.45, 7) is 6.40. The third-order valence-electron chi connectivity index (χ3n) is 4.30. The molecule has 148 valence electrons. The first-order chi connectivity index (χ1) is 11.8. The van der Waals surface area contributed by atoms with Crippen molar-refractivity contribution in [2.24, 2.45) is 5.92 Å². The number of carbonyl (C=O) groups is 1. The summed E-state index contributed by atoms with van der Waals surface area (Å²) in [7, 11) is -3.59. The number of piperidine rings is 1. The van der Waals surface area contributed by atoms with Crippen LogP contribution in [-0.4, -0.2) is 44.4 Å². The smallest absolute Gasteiger partial charge is 0.348 e. The fraction of sp³-hybridized carbons (Fsp3) is 0.688. The molecule has 1 saturated heterocycles. The van der Waals surface area contributed by atoms with Gasteiger partial charge in [-0.1, -0.05) is 20.8 Å². The molecule has 1 amide bonds. The quantitative estimate of drug-likeness (QED) is 0.826. The molecule has 1 aliphatic heterocycles. The molecule has 0 saturated carbocycles. The van der Waals surface area contributed by atoms with Crippen molar-refractivity contribution >= 4 is 27.3 Å². The zero-order valence-electron chi connectivity index (χ0n) is 14.9. The van der Waals surface area contributed by atoms with Gasteiger partial charge in [0.25, 0.3) is 10.0 Å². The highest BCUT2D eigenvalue weighted by Crippen LogP contribution is 2.34. The van der Waals surface area contributed by atoms with Crippen LogP contribution in [0.15, 0.2) is 16.3 Å². The lowest BCUT2D eigenvalue weighted by Gasteiger charge is -2.31. The number of alkyl halides is 3. The maximum Gasteiger partial charge on any atom is 0.471 e. The van der Waals surface area contributed by atoms with Crippen molar-refractivity contribution in [3.8, 4) is 0 Å². The van der Waals surface area contributed by atoms with Crippen LogP contribution in [0, 0.1) is 5.92 Å². The number of amides is 1. The molecule has 0 aromatic carbocycles. The van der Waals surface area contributed by atoms with Crippen molar-refractivity contribution in [2.75, 3.05) is 19.6 Å². The van der Waals surface area contributed by atoms with Gasteiger partial charge in [0.2, 0.25) is 0 Å². The van der Waals surface area contributed by atoms with Gasteiger partial charge in [-0.05, 0) is 36.3 Å². The lowest BCUT2D eigenvalue weighted by molar-refractivity contribution is -0.173. The van der Waals surface area contributed by atoms with Crippen LogP contribution in [0.4, 0.5) is 13.2 Å². The Kier molecular flexibility index (Phi) is 6.09. The van der Waals surface area contributed by atoms with Crippen molar-refractivity contribution in [2.45, 2.75) is 49.4 Å². The van der Waals surface area contributed by atoms with E-state index in [-0.39, 0.29) is 35.2 Å². The zero-order chi connectivity index (χ0) is 19.8. The van der Waals surface area contributed by atoms with E-state index in [4.69, 9.17) is 0 Å². The normalized spacial score (nSPS) is 18.1. The molecule has 5 nitrogen and oxygen atoms in total. The van der Waals surface area contributed by atoms with Gasteiger partial charge in [-0.3, -0.25) is 4.79 Å². The third kappa shape index (κ3) is 4.98. The Balaban J connectivity index is 1.94. The summed E-state index contributed by atoms with van der Waals surface area (Å²) in [6, 6.07) is 3.42. The number of rotatable bonds is 4. The van der Waals surface area contributed by atoms with Gasteiger partial charge < -0.3 is 5.32 Å². The van der Waals surface area contributed by atoms with E-state index in [9.17, 15) is 26.4 Å². The fourth-order valence-corrected chi connectivity index (χ4v) is 5.67. The Morgan fingerprint density at radius 1 is 1.23 bits per heavy atom. The Morgan fingerprint density at radius 3 is 2.27 bits per heavy atom. The molecule has 10 heteroatoms. The van der Waals surface area contributed by atoms with E-state index in [0.29, 0.717) is 12.8 Å². The van der Waals surface area contributed by atoms with Gasteiger partial charge in [-0.25, -0.2) is 8.42 Å². The topological polar surface area (TPSA) is 66.5 Å². The SMILES string of the molecule is CC(C)(C)c1ccc(S(=O)(=O)N2CCC(CNC(=O)C(F)(F)F)CC2)s1. The average molecular weight is 412 g/mol. The van der Waals surface area contributed by atoms with Gasteiger partial charge in [0, 0.05) is 24.5 Å². The number of hydrogen-bond acceptors (Lipinski definition) is 4. The number of halogens is 3. The molecule has 2 rings (SSSR count). The third-order valence-corrected chi connectivity index (χ3v) is 8.17. The van der Waals surface area contributed by atoms with Crippen molar-refractivity contribution in [1.29, 1.82) is 0 Å². The minimum absolute atomic E-state index is 0.0978. The second-order valence-corrected chi connectivity index (χ2v) is 10.7. The number of thiophene rings is 1. The summed E-state index contributed by atoms with van der Waals surface area (Å²) in [5, 5.41) is 1.87. The summed E-state index contributed by atoms with van der Waals surface area (Å²) in [4.78, 5) is 11.8. The van der Waals surface area contributed by atoms with Crippen molar-refractivity contribution < 1.29 is 26.4 Å². The first-order valence-corrected chi connectivity index (χ1v) is 10.5. The predicted molar refractivity (Wildman–Crippen MR) is 93.6 cm³/mol. The van der Waals surface area contributed by atoms with Gasteiger partial charge in [-0.15, -0.1) is 11.3 Å². The van der Waals surface area contributed by atoms with Gasteiger partial charge in [-0.2, -0.15) is 17.5 Å². The molecule has 1 aromatic heterocycles. The van der Waals surface area contributed by atoms with Gasteiger partial charge in [0.1, 0.15) is 4.21 Å². The molecule has 1 aliphatic rings. The predicted octanol–water partition coefficient (Wildman–Crippen LogP) is 3.12. The largest absolute Gasteiger partial charge is 0.471 e. The Labute approximate surface area is 155 Å². The summed E-state index contributed by atoms with van der Waals surface area (Å²) < 4.78 is 63.7. The molecule has 0 radical (unpaired) electrons. The highest BCUT2D eigenvalue weighted by molar-refractivity contribution is 7.91. The van der Waals surface area contributed by atoms with Crippen LogP contribution in [0.5, 0.6) is 0 Å². The molecule has 0 unspecified atom stereocenters. The molecular weight excluding hydrogens is 389 g/mol. The standard InChI is InChI=1S/C16H23F3N2O3S2/c1-15(2,3)12-4-5-13(25-12)26(23,24)21-8-6-11(7-9-21)10-20-14(22)16(17,18)19/h4-5,11H,6-10H2,1-3H3,(H,20,22). The van der Waals surface area contributed by atoms with E-state index >= 15 is 0 Å². The van der Waals surface area contributed by atoms with Crippen LogP contribution >= 0.6 is 11.3 Å². The first kappa shape index (κ1) is 21.2. The zero-order valence-corrected chi connectivity index (χ0v) is 16.5. The lowest BCUT2D eigenvalue weighted by atomic mass is 9.95. The van der Waals surface area contributed by atoms with E-state index in [1.165, 1.54) is 15.6 Å². The van der Waals surface area contributed by atoms with Crippen LogP contribution in [0.1, 0.15) is 38.5 Å². The Morgan fingerprint density at radius 2 is 1.81 bits per heavy atom. The first-order valence-electron chi connectivity index (χ1n) is 8.27. The van der Waals surface area contributed by atoms with Crippen LogP contribution in [0.25, 0.3) is 0 Å². The maximum atomic E-state index is 12.7. The van der Waals surface area contributed by atoms with Crippen molar-refractivity contribution in [3.63, 3.8) is 0 Å². The highest BCUT2D eigenvalue weighted by Gasteiger charge is 2.39. The lowest BCUT2D eigenvalue weighted by Crippen LogP contribution is -2.43. The average Bonchev–Trinajstić information content (AvgIpc) is 3.03. The monoisotopic (exact) mass is 412 g/mol. The molecule has 1 N–H and O–H groups in total. The van der Waals surface area contributed by atoms with Gasteiger partial charge >= 0.3 is 12.1 Å². The van der Waals surface area contributed by atoms with Crippen LogP contribution in [0.3, 0.4) is 0 Å². The summed E-state index contributed by atoms with van der Waals surface area (Å²) in [5.74, 6) is -2.12. The maximum absolute atomic E-state index is 12.7. The number of carbonyl (C=O) groups excluding carboxylic acids is 1. The van der Waals surface area contributed by atoms with E-state index in [1.54, 1.807) is 6.07 Å². The van der Waals surface area contributed by atoms with Gasteiger partial charge in [0.05, 0.1) is 0 Å². The number of hydrogen-bond donors (Lipinski definition) is 1. The molecule has 1 fully saturated rings. The number of sulfonamides is 1. The molecule has 0 bridgehead atoms. The van der Waals surface area contributed by atoms with E-state index in [0.717, 1.165) is 4.88 Å². The van der Waals surface area contributed by atoms with E-state index in [1.807, 2.05) is 32.2 Å². The van der Waals surface area contributed by atoms with E-state index in [2.05, 4.69) is 0 Å². The molecule has 1 aromatic rings. The second-order valence-electron chi connectivity index (χ2n) is 7.42. The fourth-order valence-electron chi connectivity index (χ4n) is 2.68. The molecule has 0 atom stereocenters. The molecule has 26 heavy (non-hydrogen) atoms. The van der Waals surface area contributed by atoms with Gasteiger partial charge in [0.15, 0.2) is 0 Å². The Hall–Kier alpha value is -1.13. The molecule has 0 spiro atoms. The second kappa shape index (κ2) is 7.47. The number of nitrogens with one attached hydrogen (secondary N) is 1. The summed E-state index contributed by atoms with van der Waals surface area (Å²) in [5.41, 5.74) is -0.137. The molecular formula is C16H23F3N2O3S2. The minimum Gasteiger partial charge on any atom is -0.348 e. The summed E-state index contributed by atoms with van der Waals surface area (Å²) >= 11 is 1.25. The molecule has 0 aliphatic carbocycles. The van der Waals surface area contributed by atoms with Crippen molar-refractivity contribution in [3.05, 3.63) is 17.0 Å². The van der Waals surface area contributed by atoms with Crippen LogP contribution < -0.4 is 5.32 Å². The molecule has 2 heterocycles. The minimum atomic E-state index is -4.89. The van der Waals surface area contributed by atoms with Crippen LogP contribution in [0.2, 0.25) is 0 Å². The van der Waals surface area contributed by atoms with E-state index < -0.39 is 22.1 Å². The highest BCUT2D eigenvalue weighted by atomic mass is 32.2. The van der Waals surface area contributed by atoms with Crippen LogP contribution in [-0.2, 0) is 20.2 Å². The van der Waals surface area contributed by atoms with Crippen molar-refractivity contribution in [1.82, 2.24) is 9.62 Å². The Bertz CT molecular complexity index is 744.